The lowest BCUT2D eigenvalue weighted by Crippen LogP contribution is -2.30. The SMILES string of the molecule is COC(=O)c1ccc(NC(=O)CC2CCNCC2)cc1.Cl. The van der Waals surface area contributed by atoms with Crippen molar-refractivity contribution in [3.8, 4) is 0 Å². The molecule has 1 aromatic carbocycles. The molecule has 1 aliphatic rings. The summed E-state index contributed by atoms with van der Waals surface area (Å²) in [5, 5.41) is 6.15. The van der Waals surface area contributed by atoms with Crippen LogP contribution in [0.2, 0.25) is 0 Å². The molecule has 0 atom stereocenters. The van der Waals surface area contributed by atoms with E-state index in [-0.39, 0.29) is 24.3 Å². The first kappa shape index (κ1) is 17.5. The normalized spacial score (nSPS) is 14.9. The van der Waals surface area contributed by atoms with Crippen LogP contribution in [-0.4, -0.2) is 32.1 Å². The van der Waals surface area contributed by atoms with Gasteiger partial charge < -0.3 is 15.4 Å². The van der Waals surface area contributed by atoms with Crippen molar-refractivity contribution in [3.63, 3.8) is 0 Å². The van der Waals surface area contributed by atoms with E-state index in [9.17, 15) is 9.59 Å². The number of carbonyl (C=O) groups is 2. The molecule has 2 rings (SSSR count). The van der Waals surface area contributed by atoms with Gasteiger partial charge in [0.2, 0.25) is 5.91 Å². The molecule has 1 aliphatic heterocycles. The summed E-state index contributed by atoms with van der Waals surface area (Å²) in [5.41, 5.74) is 1.18. The Balaban J connectivity index is 0.00000220. The van der Waals surface area contributed by atoms with Crippen molar-refractivity contribution in [1.29, 1.82) is 0 Å². The van der Waals surface area contributed by atoms with E-state index in [1.54, 1.807) is 24.3 Å². The van der Waals surface area contributed by atoms with Gasteiger partial charge in [-0.15, -0.1) is 12.4 Å². The van der Waals surface area contributed by atoms with Crippen LogP contribution in [0.3, 0.4) is 0 Å². The first-order valence-electron chi connectivity index (χ1n) is 6.88. The zero-order valence-electron chi connectivity index (χ0n) is 12.1. The standard InChI is InChI=1S/C15H20N2O3.ClH/c1-20-15(19)12-2-4-13(5-3-12)17-14(18)10-11-6-8-16-9-7-11;/h2-5,11,16H,6-10H2,1H3,(H,17,18);1H. The number of hydrogen-bond acceptors (Lipinski definition) is 4. The molecule has 2 N–H and O–H groups in total. The monoisotopic (exact) mass is 312 g/mol. The van der Waals surface area contributed by atoms with E-state index < -0.39 is 0 Å². The fourth-order valence-corrected chi connectivity index (χ4v) is 2.37. The number of nitrogens with one attached hydrogen (secondary N) is 2. The maximum Gasteiger partial charge on any atom is 0.337 e. The second kappa shape index (κ2) is 8.64. The molecule has 1 heterocycles. The molecule has 1 fully saturated rings. The molecule has 116 valence electrons. The van der Waals surface area contributed by atoms with Crippen LogP contribution >= 0.6 is 12.4 Å². The Kier molecular flexibility index (Phi) is 7.19. The predicted molar refractivity (Wildman–Crippen MR) is 83.9 cm³/mol. The highest BCUT2D eigenvalue weighted by atomic mass is 35.5. The number of rotatable bonds is 4. The Bertz CT molecular complexity index is 470. The zero-order chi connectivity index (χ0) is 14.4. The van der Waals surface area contributed by atoms with E-state index in [0.29, 0.717) is 23.6 Å². The maximum absolute atomic E-state index is 11.9. The van der Waals surface area contributed by atoms with E-state index in [1.807, 2.05) is 0 Å². The van der Waals surface area contributed by atoms with E-state index in [2.05, 4.69) is 15.4 Å². The van der Waals surface area contributed by atoms with Crippen LogP contribution in [0.25, 0.3) is 0 Å². The van der Waals surface area contributed by atoms with Crippen molar-refractivity contribution in [1.82, 2.24) is 5.32 Å². The van der Waals surface area contributed by atoms with Crippen LogP contribution in [-0.2, 0) is 9.53 Å². The minimum atomic E-state index is -0.377. The maximum atomic E-state index is 11.9. The summed E-state index contributed by atoms with van der Waals surface area (Å²) in [6.45, 7) is 1.98. The number of hydrogen-bond donors (Lipinski definition) is 2. The van der Waals surface area contributed by atoms with Crippen LogP contribution in [0, 0.1) is 5.92 Å². The van der Waals surface area contributed by atoms with Gasteiger partial charge >= 0.3 is 5.97 Å². The van der Waals surface area contributed by atoms with Crippen molar-refractivity contribution >= 4 is 30.0 Å². The Morgan fingerprint density at radius 3 is 2.43 bits per heavy atom. The molecule has 0 unspecified atom stereocenters. The lowest BCUT2D eigenvalue weighted by molar-refractivity contribution is -0.117. The van der Waals surface area contributed by atoms with Gasteiger partial charge in [0.15, 0.2) is 0 Å². The molecule has 5 nitrogen and oxygen atoms in total. The Hall–Kier alpha value is -1.59. The quantitative estimate of drug-likeness (QED) is 0.837. The van der Waals surface area contributed by atoms with Crippen LogP contribution in [0.15, 0.2) is 24.3 Å². The van der Waals surface area contributed by atoms with Gasteiger partial charge in [0, 0.05) is 12.1 Å². The molecule has 0 saturated carbocycles. The number of anilines is 1. The van der Waals surface area contributed by atoms with Crippen LogP contribution in [0.1, 0.15) is 29.6 Å². The summed E-state index contributed by atoms with van der Waals surface area (Å²) in [7, 11) is 1.34. The molecule has 1 aromatic rings. The molecule has 1 saturated heterocycles. The van der Waals surface area contributed by atoms with Gasteiger partial charge in [0.25, 0.3) is 0 Å². The van der Waals surface area contributed by atoms with Crippen LogP contribution in [0.5, 0.6) is 0 Å². The topological polar surface area (TPSA) is 67.4 Å². The molecule has 1 amide bonds. The minimum Gasteiger partial charge on any atom is -0.465 e. The van der Waals surface area contributed by atoms with Crippen molar-refractivity contribution in [3.05, 3.63) is 29.8 Å². The third-order valence-electron chi connectivity index (χ3n) is 3.52. The molecule has 0 aliphatic carbocycles. The first-order valence-corrected chi connectivity index (χ1v) is 6.88. The van der Waals surface area contributed by atoms with Crippen molar-refractivity contribution < 1.29 is 14.3 Å². The fourth-order valence-electron chi connectivity index (χ4n) is 2.37. The highest BCUT2D eigenvalue weighted by Crippen LogP contribution is 2.17. The summed E-state index contributed by atoms with van der Waals surface area (Å²) in [5.74, 6) is 0.117. The van der Waals surface area contributed by atoms with Crippen LogP contribution < -0.4 is 10.6 Å². The smallest absolute Gasteiger partial charge is 0.337 e. The van der Waals surface area contributed by atoms with Gasteiger partial charge in [-0.25, -0.2) is 4.79 Å². The fraction of sp³-hybridized carbons (Fsp3) is 0.467. The lowest BCUT2D eigenvalue weighted by atomic mass is 9.94. The first-order chi connectivity index (χ1) is 9.69. The summed E-state index contributed by atoms with van der Waals surface area (Å²) in [6, 6.07) is 6.72. The molecule has 0 bridgehead atoms. The lowest BCUT2D eigenvalue weighted by Gasteiger charge is -2.21. The van der Waals surface area contributed by atoms with Crippen molar-refractivity contribution in [2.45, 2.75) is 19.3 Å². The van der Waals surface area contributed by atoms with Gasteiger partial charge in [-0.3, -0.25) is 4.79 Å². The molecule has 6 heteroatoms. The van der Waals surface area contributed by atoms with Gasteiger partial charge in [0.05, 0.1) is 12.7 Å². The Labute approximate surface area is 130 Å². The highest BCUT2D eigenvalue weighted by Gasteiger charge is 2.16. The number of piperidine rings is 1. The average Bonchev–Trinajstić information content (AvgIpc) is 2.48. The number of halogens is 1. The third-order valence-corrected chi connectivity index (χ3v) is 3.52. The molecule has 0 radical (unpaired) electrons. The predicted octanol–water partition coefficient (Wildman–Crippen LogP) is 2.22. The zero-order valence-corrected chi connectivity index (χ0v) is 12.9. The van der Waals surface area contributed by atoms with Crippen molar-refractivity contribution in [2.24, 2.45) is 5.92 Å². The Morgan fingerprint density at radius 1 is 1.24 bits per heavy atom. The molecular weight excluding hydrogens is 292 g/mol. The number of methoxy groups -OCH3 is 1. The van der Waals surface area contributed by atoms with Gasteiger partial charge in [0.1, 0.15) is 0 Å². The number of amides is 1. The number of ether oxygens (including phenoxy) is 1. The summed E-state index contributed by atoms with van der Waals surface area (Å²) in [6.07, 6.45) is 2.66. The number of carbonyl (C=O) groups excluding carboxylic acids is 2. The van der Waals surface area contributed by atoms with Crippen molar-refractivity contribution in [2.75, 3.05) is 25.5 Å². The minimum absolute atomic E-state index is 0. The van der Waals surface area contributed by atoms with E-state index in [4.69, 9.17) is 0 Å². The number of esters is 1. The van der Waals surface area contributed by atoms with E-state index in [0.717, 1.165) is 25.9 Å². The average molecular weight is 313 g/mol. The molecular formula is C15H21ClN2O3. The third kappa shape index (κ3) is 5.36. The van der Waals surface area contributed by atoms with Gasteiger partial charge in [-0.05, 0) is 56.1 Å². The van der Waals surface area contributed by atoms with Crippen LogP contribution in [0.4, 0.5) is 5.69 Å². The van der Waals surface area contributed by atoms with E-state index >= 15 is 0 Å². The summed E-state index contributed by atoms with van der Waals surface area (Å²) in [4.78, 5) is 23.2. The van der Waals surface area contributed by atoms with Gasteiger partial charge in [-0.2, -0.15) is 0 Å². The molecule has 21 heavy (non-hydrogen) atoms. The second-order valence-electron chi connectivity index (χ2n) is 5.01. The Morgan fingerprint density at radius 2 is 1.86 bits per heavy atom. The second-order valence-corrected chi connectivity index (χ2v) is 5.01. The van der Waals surface area contributed by atoms with Gasteiger partial charge in [-0.1, -0.05) is 0 Å². The van der Waals surface area contributed by atoms with E-state index in [1.165, 1.54) is 7.11 Å². The highest BCUT2D eigenvalue weighted by molar-refractivity contribution is 5.93. The summed E-state index contributed by atoms with van der Waals surface area (Å²) < 4.78 is 4.63. The largest absolute Gasteiger partial charge is 0.465 e. The summed E-state index contributed by atoms with van der Waals surface area (Å²) >= 11 is 0. The molecule has 0 aromatic heterocycles. The number of benzene rings is 1. The molecule has 0 spiro atoms.